The van der Waals surface area contributed by atoms with E-state index in [9.17, 15) is 4.79 Å². The summed E-state index contributed by atoms with van der Waals surface area (Å²) in [6.45, 7) is 2.49. The molecule has 0 heterocycles. The lowest BCUT2D eigenvalue weighted by Gasteiger charge is -2.13. The van der Waals surface area contributed by atoms with Crippen LogP contribution in [0.4, 0.5) is 0 Å². The van der Waals surface area contributed by atoms with E-state index in [4.69, 9.17) is 0 Å². The first-order valence-corrected chi connectivity index (χ1v) is 5.08. The van der Waals surface area contributed by atoms with Gasteiger partial charge in [-0.15, -0.1) is 0 Å². The summed E-state index contributed by atoms with van der Waals surface area (Å²) in [5, 5.41) is 1.07. The summed E-state index contributed by atoms with van der Waals surface area (Å²) >= 11 is 3.36. The quantitative estimate of drug-likeness (QED) is 0.514. The lowest BCUT2D eigenvalue weighted by molar-refractivity contribution is -0.127. The average Bonchev–Trinajstić information content (AvgIpc) is 1.97. The lowest BCUT2D eigenvalue weighted by Crippen LogP contribution is -2.24. The Labute approximate surface area is 77.1 Å². The van der Waals surface area contributed by atoms with Gasteiger partial charge in [0.05, 0.1) is 0 Å². The zero-order valence-corrected chi connectivity index (χ0v) is 8.85. The van der Waals surface area contributed by atoms with Gasteiger partial charge < -0.3 is 4.90 Å². The summed E-state index contributed by atoms with van der Waals surface area (Å²) in [7, 11) is 1.84. The van der Waals surface area contributed by atoms with Gasteiger partial charge in [-0.05, 0) is 12.8 Å². The highest BCUT2D eigenvalue weighted by atomic mass is 79.9. The number of carbonyl (C=O) groups is 1. The van der Waals surface area contributed by atoms with Crippen molar-refractivity contribution in [1.29, 1.82) is 0 Å². The number of amides is 1. The molecule has 0 aromatic rings. The van der Waals surface area contributed by atoms with Gasteiger partial charge in [0.15, 0.2) is 0 Å². The van der Waals surface area contributed by atoms with E-state index in [1.807, 2.05) is 7.05 Å². The van der Waals surface area contributed by atoms with E-state index < -0.39 is 0 Å². The fraction of sp³-hybridized carbons (Fsp3) is 0.875. The molecule has 66 valence electrons. The van der Waals surface area contributed by atoms with E-state index in [1.165, 1.54) is 12.8 Å². The number of nitrogens with zero attached hydrogens (tertiary/aromatic N) is 1. The van der Waals surface area contributed by atoms with Crippen LogP contribution in [0.15, 0.2) is 0 Å². The van der Waals surface area contributed by atoms with Gasteiger partial charge in [-0.1, -0.05) is 22.4 Å². The Hall–Kier alpha value is -0.0500. The van der Waals surface area contributed by atoms with Gasteiger partial charge in [-0.2, -0.15) is 0 Å². The summed E-state index contributed by atoms with van der Waals surface area (Å²) in [5.41, 5.74) is 0. The van der Waals surface area contributed by atoms with Crippen molar-refractivity contribution in [3.05, 3.63) is 0 Å². The molecule has 0 saturated heterocycles. The van der Waals surface area contributed by atoms with Crippen molar-refractivity contribution in [3.63, 3.8) is 0 Å². The number of carbonyl (C=O) groups excluding carboxylic acids is 1. The third kappa shape index (κ3) is 6.35. The molecule has 0 aromatic heterocycles. The molecule has 0 atom stereocenters. The van der Waals surface area contributed by atoms with Gasteiger partial charge in [0.25, 0.3) is 0 Å². The van der Waals surface area contributed by atoms with Crippen LogP contribution < -0.4 is 0 Å². The second-order valence-corrected chi connectivity index (χ2v) is 3.48. The maximum absolute atomic E-state index is 10.7. The highest BCUT2D eigenvalue weighted by Crippen LogP contribution is 1.99. The molecule has 0 aromatic carbocycles. The van der Waals surface area contributed by atoms with Gasteiger partial charge in [0.1, 0.15) is 0 Å². The van der Waals surface area contributed by atoms with Crippen molar-refractivity contribution < 1.29 is 4.79 Å². The number of hydrogen-bond donors (Lipinski definition) is 0. The Morgan fingerprint density at radius 2 is 2.00 bits per heavy atom. The number of alkyl halides is 1. The van der Waals surface area contributed by atoms with Crippen LogP contribution in [0, 0.1) is 0 Å². The fourth-order valence-corrected chi connectivity index (χ4v) is 1.17. The summed E-state index contributed by atoms with van der Waals surface area (Å²) in [5.74, 6) is 0.156. The predicted octanol–water partition coefficient (Wildman–Crippen LogP) is 2.03. The van der Waals surface area contributed by atoms with Gasteiger partial charge in [0.2, 0.25) is 5.91 Å². The van der Waals surface area contributed by atoms with Crippen LogP contribution in [0.2, 0.25) is 0 Å². The van der Waals surface area contributed by atoms with Crippen LogP contribution >= 0.6 is 15.9 Å². The highest BCUT2D eigenvalue weighted by Gasteiger charge is 1.99. The molecule has 2 nitrogen and oxygen atoms in total. The molecule has 0 aliphatic rings. The average molecular weight is 222 g/mol. The Bertz CT molecular complexity index is 117. The van der Waals surface area contributed by atoms with Crippen molar-refractivity contribution in [3.8, 4) is 0 Å². The second-order valence-electron chi connectivity index (χ2n) is 2.69. The monoisotopic (exact) mass is 221 g/mol. The minimum atomic E-state index is 0.156. The van der Waals surface area contributed by atoms with Crippen LogP contribution in [-0.4, -0.2) is 29.7 Å². The van der Waals surface area contributed by atoms with Crippen LogP contribution in [0.25, 0.3) is 0 Å². The van der Waals surface area contributed by atoms with Crippen LogP contribution in [-0.2, 0) is 4.79 Å². The minimum Gasteiger partial charge on any atom is -0.346 e. The van der Waals surface area contributed by atoms with Crippen molar-refractivity contribution in [1.82, 2.24) is 4.90 Å². The molecule has 0 N–H and O–H groups in total. The summed E-state index contributed by atoms with van der Waals surface area (Å²) in [6.07, 6.45) is 3.51. The molecule has 0 aliphatic heterocycles. The molecule has 11 heavy (non-hydrogen) atoms. The minimum absolute atomic E-state index is 0.156. The fourth-order valence-electron chi connectivity index (χ4n) is 0.778. The topological polar surface area (TPSA) is 20.3 Å². The summed E-state index contributed by atoms with van der Waals surface area (Å²) in [6, 6.07) is 0. The number of hydrogen-bond acceptors (Lipinski definition) is 1. The molecule has 0 spiro atoms. The van der Waals surface area contributed by atoms with Crippen molar-refractivity contribution in [2.24, 2.45) is 0 Å². The molecule has 0 bridgehead atoms. The molecule has 0 radical (unpaired) electrons. The normalized spacial score (nSPS) is 9.73. The van der Waals surface area contributed by atoms with Gasteiger partial charge in [-0.3, -0.25) is 4.79 Å². The summed E-state index contributed by atoms with van der Waals surface area (Å²) < 4.78 is 0. The molecule has 0 fully saturated rings. The van der Waals surface area contributed by atoms with E-state index >= 15 is 0 Å². The number of rotatable bonds is 5. The van der Waals surface area contributed by atoms with Crippen molar-refractivity contribution >= 4 is 21.8 Å². The van der Waals surface area contributed by atoms with E-state index in [2.05, 4.69) is 15.9 Å². The first-order valence-electron chi connectivity index (χ1n) is 3.96. The number of unbranched alkanes of at least 4 members (excludes halogenated alkanes) is 2. The first kappa shape index (κ1) is 11.0. The zero-order chi connectivity index (χ0) is 8.69. The SMILES string of the molecule is CC(=O)N(C)CCCCCBr. The van der Waals surface area contributed by atoms with Gasteiger partial charge in [-0.25, -0.2) is 0 Å². The standard InChI is InChI=1S/C8H16BrNO/c1-8(11)10(2)7-5-3-4-6-9/h3-7H2,1-2H3. The highest BCUT2D eigenvalue weighted by molar-refractivity contribution is 9.09. The Kier molecular flexibility index (Phi) is 6.62. The Balaban J connectivity index is 3.17. The predicted molar refractivity (Wildman–Crippen MR) is 51.0 cm³/mol. The van der Waals surface area contributed by atoms with Gasteiger partial charge >= 0.3 is 0 Å². The van der Waals surface area contributed by atoms with E-state index in [1.54, 1.807) is 11.8 Å². The maximum Gasteiger partial charge on any atom is 0.219 e. The molecule has 0 saturated carbocycles. The molecule has 3 heteroatoms. The van der Waals surface area contributed by atoms with Crippen LogP contribution in [0.5, 0.6) is 0 Å². The molecular formula is C8H16BrNO. The number of halogens is 1. The second kappa shape index (κ2) is 6.65. The largest absolute Gasteiger partial charge is 0.346 e. The molecule has 0 aliphatic carbocycles. The van der Waals surface area contributed by atoms with Crippen molar-refractivity contribution in [2.45, 2.75) is 26.2 Å². The van der Waals surface area contributed by atoms with E-state index in [-0.39, 0.29) is 5.91 Å². The molecule has 0 rings (SSSR count). The molecule has 1 amide bonds. The van der Waals surface area contributed by atoms with E-state index in [0.29, 0.717) is 0 Å². The maximum atomic E-state index is 10.7. The third-order valence-electron chi connectivity index (χ3n) is 1.66. The third-order valence-corrected chi connectivity index (χ3v) is 2.23. The molecular weight excluding hydrogens is 206 g/mol. The van der Waals surface area contributed by atoms with Crippen LogP contribution in [0.3, 0.4) is 0 Å². The Morgan fingerprint density at radius 3 is 2.45 bits per heavy atom. The smallest absolute Gasteiger partial charge is 0.219 e. The molecule has 0 unspecified atom stereocenters. The van der Waals surface area contributed by atoms with Crippen molar-refractivity contribution in [2.75, 3.05) is 18.9 Å². The van der Waals surface area contributed by atoms with Gasteiger partial charge in [0, 0.05) is 25.8 Å². The summed E-state index contributed by atoms with van der Waals surface area (Å²) in [4.78, 5) is 12.5. The zero-order valence-electron chi connectivity index (χ0n) is 7.27. The lowest BCUT2D eigenvalue weighted by atomic mass is 10.2. The first-order chi connectivity index (χ1) is 5.18. The van der Waals surface area contributed by atoms with Crippen LogP contribution in [0.1, 0.15) is 26.2 Å². The van der Waals surface area contributed by atoms with E-state index in [0.717, 1.165) is 18.3 Å². The Morgan fingerprint density at radius 1 is 1.36 bits per heavy atom.